The summed E-state index contributed by atoms with van der Waals surface area (Å²) < 4.78 is 33.9. The smallest absolute Gasteiger partial charge is 0.306 e. The summed E-state index contributed by atoms with van der Waals surface area (Å²) in [4.78, 5) is 37.6. The van der Waals surface area contributed by atoms with Crippen LogP contribution in [0, 0.1) is 0 Å². The van der Waals surface area contributed by atoms with Crippen LogP contribution in [0.3, 0.4) is 0 Å². The third kappa shape index (κ3) is 46.2. The lowest BCUT2D eigenvalue weighted by Gasteiger charge is -2.28. The Kier molecular flexibility index (Phi) is 40.6. The van der Waals surface area contributed by atoms with Crippen LogP contribution < -0.4 is 4.89 Å². The van der Waals surface area contributed by atoms with Gasteiger partial charge in [0.2, 0.25) is 0 Å². The van der Waals surface area contributed by atoms with E-state index in [1.54, 1.807) is 0 Å². The number of phosphoric ester groups is 1. The number of hydrogen-bond donors (Lipinski definition) is 0. The van der Waals surface area contributed by atoms with Gasteiger partial charge in [-0.15, -0.1) is 0 Å². The highest BCUT2D eigenvalue weighted by Crippen LogP contribution is 2.38. The highest BCUT2D eigenvalue weighted by Gasteiger charge is 2.21. The summed E-state index contributed by atoms with van der Waals surface area (Å²) in [6.07, 6.45) is 58.3. The Hall–Kier alpha value is -3.33. The SMILES string of the molecule is CC/C=C\C/C=C\C/C=C\C/C=C\C/C=C\CCCCCC(=O)O[C@H](COC(=O)CCCCC/C=C\C/C=C\C/C=C\C/C=C\CCCCC)COP(=O)([O-])OCC[N+](C)(C)C. The molecule has 1 unspecified atom stereocenters. The molecule has 0 aliphatic rings. The molecule has 2 atom stereocenters. The molecule has 0 spiro atoms. The molecule has 0 saturated carbocycles. The van der Waals surface area contributed by atoms with Crippen molar-refractivity contribution in [3.8, 4) is 0 Å². The predicted octanol–water partition coefficient (Wildman–Crippen LogP) is 13.3. The zero-order valence-corrected chi connectivity index (χ0v) is 40.4. The van der Waals surface area contributed by atoms with Crippen LogP contribution in [-0.2, 0) is 32.7 Å². The van der Waals surface area contributed by atoms with E-state index >= 15 is 0 Å². The fourth-order valence-electron chi connectivity index (χ4n) is 5.60. The highest BCUT2D eigenvalue weighted by atomic mass is 31.2. The van der Waals surface area contributed by atoms with Gasteiger partial charge in [-0.2, -0.15) is 0 Å². The Morgan fingerprint density at radius 2 is 0.919 bits per heavy atom. The van der Waals surface area contributed by atoms with Crippen molar-refractivity contribution in [1.82, 2.24) is 0 Å². The number of ether oxygens (including phenoxy) is 2. The molecule has 0 bridgehead atoms. The third-order valence-corrected chi connectivity index (χ3v) is 10.2. The van der Waals surface area contributed by atoms with E-state index in [9.17, 15) is 19.0 Å². The van der Waals surface area contributed by atoms with E-state index in [1.165, 1.54) is 25.7 Å². The van der Waals surface area contributed by atoms with Gasteiger partial charge in [0.05, 0.1) is 27.7 Å². The standard InChI is InChI=1S/C52H86NO8P/c1-6-8-10-12-14-16-18-20-22-24-26-28-30-32-34-36-38-40-42-44-51(54)58-48-50(49-60-62(56,57)59-47-46-53(3,4)5)61-52(55)45-43-41-39-37-35-33-31-29-27-25-23-21-19-17-15-13-11-9-7-2/h9,11,14-17,20-23,26-29,32-35,50H,6-8,10,12-13,18-19,24-25,30-31,36-49H2,1-5H3/b11-9-,16-14-,17-15-,22-20-,23-21-,28-26-,29-27-,34-32-,35-33-/t50-/m1/s1. The molecule has 0 aliphatic heterocycles. The second-order valence-corrected chi connectivity index (χ2v) is 17.8. The minimum atomic E-state index is -4.65. The van der Waals surface area contributed by atoms with Crippen LogP contribution in [0.5, 0.6) is 0 Å². The van der Waals surface area contributed by atoms with Crippen LogP contribution in [0.4, 0.5) is 0 Å². The summed E-state index contributed by atoms with van der Waals surface area (Å²) >= 11 is 0. The van der Waals surface area contributed by atoms with Crippen molar-refractivity contribution < 1.29 is 42.1 Å². The van der Waals surface area contributed by atoms with Gasteiger partial charge < -0.3 is 27.9 Å². The molecule has 0 aromatic carbocycles. The summed E-state index contributed by atoms with van der Waals surface area (Å²) in [5.41, 5.74) is 0. The van der Waals surface area contributed by atoms with Crippen LogP contribution in [-0.4, -0.2) is 70.0 Å². The van der Waals surface area contributed by atoms with Crippen molar-refractivity contribution in [2.75, 3.05) is 47.5 Å². The maximum atomic E-state index is 12.7. The van der Waals surface area contributed by atoms with E-state index in [0.29, 0.717) is 23.9 Å². The number of unbranched alkanes of at least 4 members (excludes halogenated alkanes) is 9. The minimum Gasteiger partial charge on any atom is -0.756 e. The molecule has 0 heterocycles. The lowest BCUT2D eigenvalue weighted by molar-refractivity contribution is -0.870. The fourth-order valence-corrected chi connectivity index (χ4v) is 6.33. The number of quaternary nitrogens is 1. The molecule has 0 fully saturated rings. The average Bonchev–Trinajstić information content (AvgIpc) is 3.23. The molecule has 0 aliphatic carbocycles. The number of nitrogens with zero attached hydrogens (tertiary/aromatic N) is 1. The highest BCUT2D eigenvalue weighted by molar-refractivity contribution is 7.45. The molecule has 352 valence electrons. The van der Waals surface area contributed by atoms with E-state index in [0.717, 1.165) is 89.9 Å². The first-order valence-corrected chi connectivity index (χ1v) is 25.1. The van der Waals surface area contributed by atoms with Gasteiger partial charge in [-0.25, -0.2) is 0 Å². The van der Waals surface area contributed by atoms with E-state index < -0.39 is 32.5 Å². The molecule has 62 heavy (non-hydrogen) atoms. The molecular formula is C52H86NO8P. The van der Waals surface area contributed by atoms with Crippen molar-refractivity contribution in [1.29, 1.82) is 0 Å². The second-order valence-electron chi connectivity index (χ2n) is 16.4. The minimum absolute atomic E-state index is 0.0498. The Labute approximate surface area is 378 Å². The first kappa shape index (κ1) is 58.7. The van der Waals surface area contributed by atoms with Crippen LogP contribution in [0.1, 0.15) is 155 Å². The first-order valence-electron chi connectivity index (χ1n) is 23.6. The molecule has 0 aromatic heterocycles. The number of carbonyl (C=O) groups is 2. The number of allylic oxidation sites excluding steroid dienone is 18. The Morgan fingerprint density at radius 1 is 0.516 bits per heavy atom. The molecule has 0 N–H and O–H groups in total. The van der Waals surface area contributed by atoms with E-state index in [-0.39, 0.29) is 26.1 Å². The molecule has 9 nitrogen and oxygen atoms in total. The number of hydrogen-bond acceptors (Lipinski definition) is 8. The zero-order valence-electron chi connectivity index (χ0n) is 39.5. The number of carbonyl (C=O) groups excluding carboxylic acids is 2. The molecule has 0 rings (SSSR count). The first-order chi connectivity index (χ1) is 30.0. The zero-order chi connectivity index (χ0) is 45.7. The molecule has 0 saturated heterocycles. The summed E-state index contributed by atoms with van der Waals surface area (Å²) in [7, 11) is 1.10. The Balaban J connectivity index is 4.48. The van der Waals surface area contributed by atoms with Gasteiger partial charge in [-0.05, 0) is 103 Å². The van der Waals surface area contributed by atoms with Crippen LogP contribution in [0.25, 0.3) is 0 Å². The van der Waals surface area contributed by atoms with Crippen molar-refractivity contribution in [2.45, 2.75) is 161 Å². The lowest BCUT2D eigenvalue weighted by Crippen LogP contribution is -2.37. The predicted molar refractivity (Wildman–Crippen MR) is 258 cm³/mol. The van der Waals surface area contributed by atoms with Gasteiger partial charge >= 0.3 is 11.9 Å². The molecule has 0 amide bonds. The molecule has 0 radical (unpaired) electrons. The van der Waals surface area contributed by atoms with Gasteiger partial charge in [0.1, 0.15) is 19.8 Å². The number of phosphoric acid groups is 1. The third-order valence-electron chi connectivity index (χ3n) is 9.28. The Bertz CT molecular complexity index is 1420. The summed E-state index contributed by atoms with van der Waals surface area (Å²) in [5.74, 6) is -0.920. The van der Waals surface area contributed by atoms with Gasteiger partial charge in [0.15, 0.2) is 6.10 Å². The van der Waals surface area contributed by atoms with Crippen molar-refractivity contribution in [3.63, 3.8) is 0 Å². The van der Waals surface area contributed by atoms with Crippen molar-refractivity contribution in [3.05, 3.63) is 109 Å². The van der Waals surface area contributed by atoms with Gasteiger partial charge in [-0.3, -0.25) is 14.2 Å². The summed E-state index contributed by atoms with van der Waals surface area (Å²) in [5, 5.41) is 0. The number of esters is 2. The quantitative estimate of drug-likeness (QED) is 0.0196. The Morgan fingerprint density at radius 3 is 1.34 bits per heavy atom. The van der Waals surface area contributed by atoms with Crippen molar-refractivity contribution >= 4 is 19.8 Å². The van der Waals surface area contributed by atoms with E-state index in [1.807, 2.05) is 21.1 Å². The topological polar surface area (TPSA) is 111 Å². The largest absolute Gasteiger partial charge is 0.756 e. The van der Waals surface area contributed by atoms with Crippen molar-refractivity contribution in [2.24, 2.45) is 0 Å². The maximum absolute atomic E-state index is 12.7. The average molecular weight is 884 g/mol. The summed E-state index contributed by atoms with van der Waals surface area (Å²) in [6.45, 7) is 3.98. The number of rotatable bonds is 41. The monoisotopic (exact) mass is 884 g/mol. The molecule has 10 heteroatoms. The fraction of sp³-hybridized carbons (Fsp3) is 0.615. The van der Waals surface area contributed by atoms with Crippen LogP contribution >= 0.6 is 7.82 Å². The van der Waals surface area contributed by atoms with Gasteiger partial charge in [-0.1, -0.05) is 149 Å². The van der Waals surface area contributed by atoms with E-state index in [2.05, 4.69) is 123 Å². The normalized spacial score (nSPS) is 14.5. The van der Waals surface area contributed by atoms with Gasteiger partial charge in [0.25, 0.3) is 7.82 Å². The van der Waals surface area contributed by atoms with Crippen LogP contribution in [0.2, 0.25) is 0 Å². The maximum Gasteiger partial charge on any atom is 0.306 e. The van der Waals surface area contributed by atoms with Gasteiger partial charge in [0, 0.05) is 12.8 Å². The second kappa shape index (κ2) is 42.9. The van der Waals surface area contributed by atoms with Crippen LogP contribution in [0.15, 0.2) is 109 Å². The lowest BCUT2D eigenvalue weighted by atomic mass is 10.1. The molecule has 0 aromatic rings. The number of likely N-dealkylation sites (N-methyl/N-ethyl adjacent to an activating group) is 1. The summed E-state index contributed by atoms with van der Waals surface area (Å²) in [6, 6.07) is 0. The molecular weight excluding hydrogens is 798 g/mol. The van der Waals surface area contributed by atoms with E-state index in [4.69, 9.17) is 18.5 Å².